The van der Waals surface area contributed by atoms with Crippen molar-refractivity contribution in [3.8, 4) is 5.69 Å². The van der Waals surface area contributed by atoms with Crippen LogP contribution in [0.1, 0.15) is 11.1 Å². The van der Waals surface area contributed by atoms with Gasteiger partial charge < -0.3 is 16.0 Å². The van der Waals surface area contributed by atoms with Gasteiger partial charge in [0.05, 0.1) is 5.69 Å². The molecule has 0 fully saturated rings. The van der Waals surface area contributed by atoms with Crippen molar-refractivity contribution in [2.45, 2.75) is 13.1 Å². The SMILES string of the molecule is Nc1cccc(-n2cnc3c(N(Cc4ccccc4)Cc4ccccc4)nc(Nc4ccc(F)cc4)nc32)c1. The molecule has 0 aliphatic carbocycles. The highest BCUT2D eigenvalue weighted by molar-refractivity contribution is 5.86. The van der Waals surface area contributed by atoms with Gasteiger partial charge in [0.25, 0.3) is 0 Å². The molecule has 0 spiro atoms. The summed E-state index contributed by atoms with van der Waals surface area (Å²) in [6.45, 7) is 1.23. The molecule has 0 amide bonds. The molecular formula is C31H26FN7. The Morgan fingerprint density at radius 2 is 1.44 bits per heavy atom. The fraction of sp³-hybridized carbons (Fsp3) is 0.0645. The van der Waals surface area contributed by atoms with Crippen molar-refractivity contribution in [1.82, 2.24) is 19.5 Å². The number of nitrogen functional groups attached to an aromatic ring is 1. The van der Waals surface area contributed by atoms with Crippen LogP contribution in [-0.2, 0) is 13.1 Å². The first kappa shape index (κ1) is 24.1. The standard InChI is InChI=1S/C31H26FN7/c32-24-14-16-26(17-15-24)35-31-36-29(28-30(37-31)39(21-34-28)27-13-7-12-25(33)18-27)38(19-22-8-3-1-4-9-22)20-23-10-5-2-6-11-23/h1-18,21H,19-20,33H2,(H,35,36,37). The summed E-state index contributed by atoms with van der Waals surface area (Å²) < 4.78 is 15.5. The second-order valence-corrected chi connectivity index (χ2v) is 9.21. The largest absolute Gasteiger partial charge is 0.399 e. The van der Waals surface area contributed by atoms with Gasteiger partial charge in [-0.3, -0.25) is 4.57 Å². The molecule has 0 saturated carbocycles. The predicted molar refractivity (Wildman–Crippen MR) is 154 cm³/mol. The van der Waals surface area contributed by atoms with E-state index in [9.17, 15) is 4.39 Å². The summed E-state index contributed by atoms with van der Waals surface area (Å²) in [5.41, 5.74) is 11.8. The minimum absolute atomic E-state index is 0.311. The van der Waals surface area contributed by atoms with Crippen LogP contribution in [0, 0.1) is 5.82 Å². The van der Waals surface area contributed by atoms with Crippen LogP contribution in [0.5, 0.6) is 0 Å². The molecule has 39 heavy (non-hydrogen) atoms. The number of halogens is 1. The van der Waals surface area contributed by atoms with E-state index in [2.05, 4.69) is 34.5 Å². The highest BCUT2D eigenvalue weighted by atomic mass is 19.1. The first-order valence-corrected chi connectivity index (χ1v) is 12.6. The smallest absolute Gasteiger partial charge is 0.231 e. The van der Waals surface area contributed by atoms with E-state index in [4.69, 9.17) is 20.7 Å². The molecule has 0 aliphatic heterocycles. The van der Waals surface area contributed by atoms with E-state index in [-0.39, 0.29) is 5.82 Å². The molecule has 6 rings (SSSR count). The van der Waals surface area contributed by atoms with Gasteiger partial charge in [-0.25, -0.2) is 9.37 Å². The first-order chi connectivity index (χ1) is 19.1. The average molecular weight is 516 g/mol. The molecule has 0 saturated heterocycles. The zero-order valence-electron chi connectivity index (χ0n) is 21.1. The summed E-state index contributed by atoms with van der Waals surface area (Å²) in [6.07, 6.45) is 1.74. The quantitative estimate of drug-likeness (QED) is 0.226. The molecule has 7 nitrogen and oxygen atoms in total. The third-order valence-corrected chi connectivity index (χ3v) is 6.36. The summed E-state index contributed by atoms with van der Waals surface area (Å²) in [6, 6.07) is 34.2. The monoisotopic (exact) mass is 515 g/mol. The zero-order valence-corrected chi connectivity index (χ0v) is 21.1. The normalized spacial score (nSPS) is 11.0. The number of imidazole rings is 1. The third kappa shape index (κ3) is 5.40. The minimum Gasteiger partial charge on any atom is -0.399 e. The van der Waals surface area contributed by atoms with Gasteiger partial charge in [-0.05, 0) is 53.6 Å². The zero-order chi connectivity index (χ0) is 26.6. The lowest BCUT2D eigenvalue weighted by Gasteiger charge is -2.25. The van der Waals surface area contributed by atoms with Crippen LogP contribution in [0.15, 0.2) is 116 Å². The van der Waals surface area contributed by atoms with Crippen LogP contribution in [0.25, 0.3) is 16.9 Å². The second kappa shape index (κ2) is 10.6. The summed E-state index contributed by atoms with van der Waals surface area (Å²) in [5.74, 6) is 0.745. The summed E-state index contributed by atoms with van der Waals surface area (Å²) in [5, 5.41) is 3.24. The van der Waals surface area contributed by atoms with Gasteiger partial charge in [-0.15, -0.1) is 0 Å². The fourth-order valence-electron chi connectivity index (χ4n) is 4.50. The number of nitrogens with zero attached hydrogens (tertiary/aromatic N) is 5. The molecule has 3 N–H and O–H groups in total. The molecule has 8 heteroatoms. The first-order valence-electron chi connectivity index (χ1n) is 12.6. The van der Waals surface area contributed by atoms with Crippen molar-refractivity contribution in [3.05, 3.63) is 132 Å². The Kier molecular flexibility index (Phi) is 6.57. The summed E-state index contributed by atoms with van der Waals surface area (Å²) in [4.78, 5) is 16.7. The molecule has 192 valence electrons. The maximum atomic E-state index is 13.6. The Balaban J connectivity index is 1.51. The van der Waals surface area contributed by atoms with E-state index < -0.39 is 0 Å². The molecule has 2 heterocycles. The molecule has 0 aliphatic rings. The summed E-state index contributed by atoms with van der Waals surface area (Å²) in [7, 11) is 0. The summed E-state index contributed by atoms with van der Waals surface area (Å²) >= 11 is 0. The van der Waals surface area contributed by atoms with Crippen LogP contribution in [0.4, 0.5) is 27.5 Å². The van der Waals surface area contributed by atoms with E-state index >= 15 is 0 Å². The Bertz CT molecular complexity index is 1660. The average Bonchev–Trinajstić information content (AvgIpc) is 3.39. The van der Waals surface area contributed by atoms with Crippen molar-refractivity contribution < 1.29 is 4.39 Å². The van der Waals surface area contributed by atoms with Crippen molar-refractivity contribution in [2.75, 3.05) is 16.0 Å². The van der Waals surface area contributed by atoms with E-state index in [1.54, 1.807) is 18.5 Å². The number of benzene rings is 4. The second-order valence-electron chi connectivity index (χ2n) is 9.21. The molecule has 0 atom stereocenters. The highest BCUT2D eigenvalue weighted by Crippen LogP contribution is 2.30. The number of aromatic nitrogens is 4. The van der Waals surface area contributed by atoms with Crippen LogP contribution < -0.4 is 16.0 Å². The minimum atomic E-state index is -0.311. The Hall–Kier alpha value is -5.24. The number of fused-ring (bicyclic) bond motifs is 1. The van der Waals surface area contributed by atoms with Crippen molar-refractivity contribution in [1.29, 1.82) is 0 Å². The van der Waals surface area contributed by atoms with Gasteiger partial charge in [0, 0.05) is 24.5 Å². The molecular weight excluding hydrogens is 489 g/mol. The Labute approximate surface area is 225 Å². The van der Waals surface area contributed by atoms with Crippen LogP contribution in [0.3, 0.4) is 0 Å². The maximum absolute atomic E-state index is 13.6. The Morgan fingerprint density at radius 3 is 2.08 bits per heavy atom. The van der Waals surface area contributed by atoms with Crippen LogP contribution >= 0.6 is 0 Å². The predicted octanol–water partition coefficient (Wildman–Crippen LogP) is 6.49. The fourth-order valence-corrected chi connectivity index (χ4v) is 4.50. The number of hydrogen-bond donors (Lipinski definition) is 2. The number of nitrogens with one attached hydrogen (secondary N) is 1. The van der Waals surface area contributed by atoms with E-state index in [1.807, 2.05) is 65.2 Å². The van der Waals surface area contributed by atoms with Gasteiger partial charge in [-0.1, -0.05) is 66.7 Å². The molecule has 2 aromatic heterocycles. The molecule has 6 aromatic rings. The molecule has 4 aromatic carbocycles. The van der Waals surface area contributed by atoms with Gasteiger partial charge in [0.1, 0.15) is 12.1 Å². The van der Waals surface area contributed by atoms with E-state index in [0.717, 1.165) is 16.8 Å². The van der Waals surface area contributed by atoms with Gasteiger partial charge >= 0.3 is 0 Å². The van der Waals surface area contributed by atoms with Crippen molar-refractivity contribution >= 4 is 34.3 Å². The highest BCUT2D eigenvalue weighted by Gasteiger charge is 2.20. The number of nitrogens with two attached hydrogens (primary N) is 1. The van der Waals surface area contributed by atoms with Crippen molar-refractivity contribution in [2.24, 2.45) is 0 Å². The Morgan fingerprint density at radius 1 is 0.769 bits per heavy atom. The number of hydrogen-bond acceptors (Lipinski definition) is 6. The maximum Gasteiger partial charge on any atom is 0.231 e. The lowest BCUT2D eigenvalue weighted by Crippen LogP contribution is -2.24. The van der Waals surface area contributed by atoms with Gasteiger partial charge in [0.15, 0.2) is 17.0 Å². The van der Waals surface area contributed by atoms with E-state index in [1.165, 1.54) is 12.1 Å². The molecule has 0 bridgehead atoms. The number of rotatable bonds is 8. The third-order valence-electron chi connectivity index (χ3n) is 6.36. The van der Waals surface area contributed by atoms with Gasteiger partial charge in [-0.2, -0.15) is 9.97 Å². The van der Waals surface area contributed by atoms with Crippen LogP contribution in [0.2, 0.25) is 0 Å². The molecule has 0 radical (unpaired) electrons. The van der Waals surface area contributed by atoms with Gasteiger partial charge in [0.2, 0.25) is 5.95 Å². The van der Waals surface area contributed by atoms with E-state index in [0.29, 0.717) is 47.4 Å². The topological polar surface area (TPSA) is 84.9 Å². The lowest BCUT2D eigenvalue weighted by atomic mass is 10.1. The van der Waals surface area contributed by atoms with Crippen LogP contribution in [-0.4, -0.2) is 19.5 Å². The van der Waals surface area contributed by atoms with Crippen molar-refractivity contribution in [3.63, 3.8) is 0 Å². The number of anilines is 4. The lowest BCUT2D eigenvalue weighted by molar-refractivity contribution is 0.628. The molecule has 0 unspecified atom stereocenters.